The molecule has 0 spiro atoms. The number of likely N-dealkylation sites (N-methyl/N-ethyl adjacent to an activating group) is 2. The predicted octanol–water partition coefficient (Wildman–Crippen LogP) is 0.0487. The molecule has 0 aliphatic carbocycles. The topological polar surface area (TPSA) is 88.5 Å². The number of nitrogens with one attached hydrogen (secondary N) is 1. The van der Waals surface area contributed by atoms with Crippen LogP contribution in [0.3, 0.4) is 0 Å². The fraction of sp³-hybridized carbons (Fsp3) is 0.471. The summed E-state index contributed by atoms with van der Waals surface area (Å²) in [4.78, 5) is 34.6. The predicted molar refractivity (Wildman–Crippen MR) is 92.6 cm³/mol. The van der Waals surface area contributed by atoms with E-state index < -0.39 is 12.2 Å². The molecular formula is C17H23N5O3. The number of urea groups is 1. The summed E-state index contributed by atoms with van der Waals surface area (Å²) < 4.78 is 0. The minimum atomic E-state index is -0.515. The van der Waals surface area contributed by atoms with Crippen molar-refractivity contribution in [2.75, 3.05) is 27.2 Å². The van der Waals surface area contributed by atoms with Crippen LogP contribution in [0, 0.1) is 0 Å². The minimum absolute atomic E-state index is 0.0650. The Balaban J connectivity index is 1.82. The molecular weight excluding hydrogens is 322 g/mol. The highest BCUT2D eigenvalue weighted by molar-refractivity contribution is 6.04. The number of benzene rings is 1. The van der Waals surface area contributed by atoms with Crippen LogP contribution < -0.4 is 5.32 Å². The number of aliphatic hydroxyl groups is 1. The number of fused-ring (bicyclic) bond motifs is 1. The first kappa shape index (κ1) is 17.2. The van der Waals surface area contributed by atoms with E-state index in [0.29, 0.717) is 18.9 Å². The van der Waals surface area contributed by atoms with Gasteiger partial charge in [0.2, 0.25) is 0 Å². The molecule has 1 aromatic rings. The number of nitrogens with zero attached hydrogens (tertiary/aromatic N) is 4. The van der Waals surface area contributed by atoms with Gasteiger partial charge in [0.15, 0.2) is 12.0 Å². The molecule has 0 saturated carbocycles. The molecule has 2 atom stereocenters. The van der Waals surface area contributed by atoms with Gasteiger partial charge in [-0.1, -0.05) is 30.3 Å². The zero-order valence-corrected chi connectivity index (χ0v) is 14.4. The molecule has 3 rings (SSSR count). The molecule has 0 bridgehead atoms. The number of carbonyl (C=O) groups excluding carboxylic acids is 2. The molecule has 3 amide bonds. The average Bonchev–Trinajstić information content (AvgIpc) is 2.95. The first-order valence-electron chi connectivity index (χ1n) is 8.31. The van der Waals surface area contributed by atoms with Crippen LogP contribution in [0.1, 0.15) is 12.0 Å². The van der Waals surface area contributed by atoms with Crippen LogP contribution in [0.4, 0.5) is 4.79 Å². The minimum Gasteiger partial charge on any atom is -0.396 e. The number of amides is 3. The Morgan fingerprint density at radius 2 is 1.88 bits per heavy atom. The number of rotatable bonds is 5. The summed E-state index contributed by atoms with van der Waals surface area (Å²) >= 11 is 0. The highest BCUT2D eigenvalue weighted by atomic mass is 16.3. The molecule has 0 aromatic heterocycles. The lowest BCUT2D eigenvalue weighted by Crippen LogP contribution is -2.65. The van der Waals surface area contributed by atoms with Crippen LogP contribution in [0.2, 0.25) is 0 Å². The third-order valence-electron chi connectivity index (χ3n) is 4.56. The van der Waals surface area contributed by atoms with E-state index in [1.807, 2.05) is 30.3 Å². The fourth-order valence-corrected chi connectivity index (χ4v) is 3.15. The van der Waals surface area contributed by atoms with Crippen molar-refractivity contribution in [1.82, 2.24) is 20.0 Å². The molecule has 8 nitrogen and oxygen atoms in total. The first-order valence-corrected chi connectivity index (χ1v) is 8.31. The largest absolute Gasteiger partial charge is 0.396 e. The van der Waals surface area contributed by atoms with E-state index in [9.17, 15) is 9.59 Å². The lowest BCUT2D eigenvalue weighted by Gasteiger charge is -2.40. The monoisotopic (exact) mass is 345 g/mol. The third kappa shape index (κ3) is 3.17. The van der Waals surface area contributed by atoms with Gasteiger partial charge in [-0.2, -0.15) is 0 Å². The molecule has 25 heavy (non-hydrogen) atoms. The zero-order valence-electron chi connectivity index (χ0n) is 14.4. The lowest BCUT2D eigenvalue weighted by molar-refractivity contribution is -0.137. The van der Waals surface area contributed by atoms with Crippen LogP contribution >= 0.6 is 0 Å². The van der Waals surface area contributed by atoms with E-state index in [4.69, 9.17) is 5.11 Å². The van der Waals surface area contributed by atoms with Gasteiger partial charge in [-0.3, -0.25) is 14.7 Å². The number of aliphatic hydroxyl groups excluding tert-OH is 1. The fourth-order valence-electron chi connectivity index (χ4n) is 3.15. The SMILES string of the molecule is CN1C(=O)N(Cc2ccccc2)C(=O)C2C1NC(=NCCCO)N2C. The van der Waals surface area contributed by atoms with Gasteiger partial charge in [0.1, 0.15) is 6.17 Å². The third-order valence-corrected chi connectivity index (χ3v) is 4.56. The Bertz CT molecular complexity index is 678. The molecule has 2 heterocycles. The van der Waals surface area contributed by atoms with E-state index >= 15 is 0 Å². The second-order valence-corrected chi connectivity index (χ2v) is 6.23. The van der Waals surface area contributed by atoms with Gasteiger partial charge in [0, 0.05) is 27.2 Å². The van der Waals surface area contributed by atoms with E-state index in [1.54, 1.807) is 23.9 Å². The Morgan fingerprint density at radius 1 is 1.16 bits per heavy atom. The van der Waals surface area contributed by atoms with Crippen LogP contribution in [0.15, 0.2) is 35.3 Å². The van der Waals surface area contributed by atoms with Crippen LogP contribution in [0.5, 0.6) is 0 Å². The number of carbonyl (C=O) groups is 2. The molecule has 2 N–H and O–H groups in total. The molecule has 2 aliphatic heterocycles. The number of hydrogen-bond donors (Lipinski definition) is 2. The summed E-state index contributed by atoms with van der Waals surface area (Å²) in [6, 6.07) is 8.61. The van der Waals surface area contributed by atoms with Gasteiger partial charge in [0.05, 0.1) is 6.54 Å². The number of aliphatic imine (C=N–C) groups is 1. The quantitative estimate of drug-likeness (QED) is 0.736. The maximum absolute atomic E-state index is 13.0. The van der Waals surface area contributed by atoms with E-state index in [-0.39, 0.29) is 25.1 Å². The van der Waals surface area contributed by atoms with Gasteiger partial charge in [-0.05, 0) is 12.0 Å². The molecule has 1 aromatic carbocycles. The van der Waals surface area contributed by atoms with E-state index in [2.05, 4.69) is 10.3 Å². The lowest BCUT2D eigenvalue weighted by atomic mass is 10.1. The highest BCUT2D eigenvalue weighted by Crippen LogP contribution is 2.25. The Labute approximate surface area is 146 Å². The normalized spacial score (nSPS) is 24.8. The Morgan fingerprint density at radius 3 is 2.56 bits per heavy atom. The molecule has 0 radical (unpaired) electrons. The highest BCUT2D eigenvalue weighted by Gasteiger charge is 2.51. The molecule has 2 saturated heterocycles. The second-order valence-electron chi connectivity index (χ2n) is 6.23. The van der Waals surface area contributed by atoms with Gasteiger partial charge in [-0.25, -0.2) is 4.79 Å². The molecule has 2 unspecified atom stereocenters. The van der Waals surface area contributed by atoms with Gasteiger partial charge >= 0.3 is 6.03 Å². The summed E-state index contributed by atoms with van der Waals surface area (Å²) in [5, 5.41) is 12.0. The maximum Gasteiger partial charge on any atom is 0.328 e. The maximum atomic E-state index is 13.0. The summed E-state index contributed by atoms with van der Waals surface area (Å²) in [5.41, 5.74) is 0.904. The van der Waals surface area contributed by atoms with Crippen molar-refractivity contribution in [2.45, 2.75) is 25.2 Å². The van der Waals surface area contributed by atoms with Crippen molar-refractivity contribution in [1.29, 1.82) is 0 Å². The number of guanidine groups is 1. The van der Waals surface area contributed by atoms with E-state index in [1.165, 1.54) is 4.90 Å². The summed E-state index contributed by atoms with van der Waals surface area (Å²) in [6.45, 7) is 0.772. The van der Waals surface area contributed by atoms with Crippen molar-refractivity contribution in [3.8, 4) is 0 Å². The van der Waals surface area contributed by atoms with Crippen LogP contribution in [-0.4, -0.2) is 77.2 Å². The molecule has 2 aliphatic rings. The average molecular weight is 345 g/mol. The van der Waals surface area contributed by atoms with Crippen molar-refractivity contribution in [3.05, 3.63) is 35.9 Å². The molecule has 8 heteroatoms. The Hall–Kier alpha value is -2.61. The van der Waals surface area contributed by atoms with Crippen molar-refractivity contribution in [3.63, 3.8) is 0 Å². The summed E-state index contributed by atoms with van der Waals surface area (Å²) in [6.07, 6.45) is 0.113. The summed E-state index contributed by atoms with van der Waals surface area (Å²) in [7, 11) is 3.47. The summed E-state index contributed by atoms with van der Waals surface area (Å²) in [5.74, 6) is 0.331. The van der Waals surface area contributed by atoms with Crippen molar-refractivity contribution >= 4 is 17.9 Å². The van der Waals surface area contributed by atoms with E-state index in [0.717, 1.165) is 5.56 Å². The number of imide groups is 1. The molecule has 134 valence electrons. The van der Waals surface area contributed by atoms with Crippen LogP contribution in [0.25, 0.3) is 0 Å². The van der Waals surface area contributed by atoms with Crippen molar-refractivity contribution in [2.24, 2.45) is 4.99 Å². The van der Waals surface area contributed by atoms with Crippen molar-refractivity contribution < 1.29 is 14.7 Å². The standard InChI is InChI=1S/C17H23N5O3/c1-20-13-14(19-16(20)18-9-6-10-23)21(2)17(25)22(15(13)24)11-12-7-4-3-5-8-12/h3-5,7-8,13-14,23H,6,9-11H2,1-2H3,(H,18,19). The van der Waals surface area contributed by atoms with Crippen LogP contribution in [-0.2, 0) is 11.3 Å². The van der Waals surface area contributed by atoms with Gasteiger partial charge < -0.3 is 20.2 Å². The van der Waals surface area contributed by atoms with Gasteiger partial charge in [-0.15, -0.1) is 0 Å². The zero-order chi connectivity index (χ0) is 18.0. The number of hydrogen-bond acceptors (Lipinski definition) is 4. The van der Waals surface area contributed by atoms with Gasteiger partial charge in [0.25, 0.3) is 5.91 Å². The molecule has 2 fully saturated rings. The second kappa shape index (κ2) is 7.10. The smallest absolute Gasteiger partial charge is 0.328 e. The Kier molecular flexibility index (Phi) is 4.89. The first-order chi connectivity index (χ1) is 12.0.